The van der Waals surface area contributed by atoms with Crippen LogP contribution in [0.4, 0.5) is 0 Å². The minimum Gasteiger partial charge on any atom is -0.352 e. The van der Waals surface area contributed by atoms with Gasteiger partial charge in [0.05, 0.1) is 0 Å². The van der Waals surface area contributed by atoms with Gasteiger partial charge in [-0.15, -0.1) is 0 Å². The molecule has 4 N–H and O–H groups in total. The molecule has 0 spiro atoms. The van der Waals surface area contributed by atoms with E-state index in [1.54, 1.807) is 27.7 Å². The molecule has 0 saturated carbocycles. The summed E-state index contributed by atoms with van der Waals surface area (Å²) in [4.78, 5) is 46.5. The van der Waals surface area contributed by atoms with Crippen LogP contribution in [0.15, 0.2) is 25.3 Å². The lowest BCUT2D eigenvalue weighted by Crippen LogP contribution is -2.57. The fraction of sp³-hybridized carbons (Fsp3) is 0.500. The zero-order chi connectivity index (χ0) is 19.0. The summed E-state index contributed by atoms with van der Waals surface area (Å²) in [6.45, 7) is 13.2. The first-order valence-corrected chi connectivity index (χ1v) is 7.42. The molecule has 0 aliphatic rings. The van der Waals surface area contributed by atoms with Crippen LogP contribution >= 0.6 is 0 Å². The second-order valence-electron chi connectivity index (χ2n) is 6.15. The van der Waals surface area contributed by atoms with Gasteiger partial charge in [0.1, 0.15) is 11.1 Å². The number of rotatable bonds is 9. The van der Waals surface area contributed by atoms with E-state index in [1.165, 1.54) is 0 Å². The average molecular weight is 338 g/mol. The Balaban J connectivity index is 4.33. The van der Waals surface area contributed by atoms with Crippen LogP contribution in [-0.4, -0.2) is 47.8 Å². The SMILES string of the molecule is C=CC(=O)NC(C)(C)C(=O)NCCNC(=O)C(C)(C)NC(=O)C=C. The lowest BCUT2D eigenvalue weighted by molar-refractivity contribution is -0.131. The Morgan fingerprint density at radius 2 is 1.04 bits per heavy atom. The van der Waals surface area contributed by atoms with Gasteiger partial charge in [-0.05, 0) is 39.8 Å². The fourth-order valence-electron chi connectivity index (χ4n) is 1.63. The predicted octanol–water partition coefficient (Wildman–Crippen LogP) is -0.620. The summed E-state index contributed by atoms with van der Waals surface area (Å²) in [5, 5.41) is 10.2. The Bertz CT molecular complexity index is 490. The zero-order valence-electron chi connectivity index (χ0n) is 14.6. The molecular formula is C16H26N4O4. The van der Waals surface area contributed by atoms with Gasteiger partial charge in [0.25, 0.3) is 0 Å². The highest BCUT2D eigenvalue weighted by Crippen LogP contribution is 2.03. The summed E-state index contributed by atoms with van der Waals surface area (Å²) in [7, 11) is 0. The van der Waals surface area contributed by atoms with Crippen LogP contribution in [0, 0.1) is 0 Å². The van der Waals surface area contributed by atoms with E-state index < -0.39 is 34.7 Å². The van der Waals surface area contributed by atoms with Gasteiger partial charge in [-0.1, -0.05) is 13.2 Å². The summed E-state index contributed by atoms with van der Waals surface area (Å²) in [6.07, 6.45) is 2.16. The maximum absolute atomic E-state index is 12.0. The monoisotopic (exact) mass is 338 g/mol. The van der Waals surface area contributed by atoms with Crippen molar-refractivity contribution in [2.45, 2.75) is 38.8 Å². The van der Waals surface area contributed by atoms with E-state index in [9.17, 15) is 19.2 Å². The maximum atomic E-state index is 12.0. The Hall–Kier alpha value is -2.64. The topological polar surface area (TPSA) is 116 Å². The second kappa shape index (κ2) is 8.85. The molecule has 0 radical (unpaired) electrons. The Morgan fingerprint density at radius 1 is 0.750 bits per heavy atom. The van der Waals surface area contributed by atoms with Gasteiger partial charge >= 0.3 is 0 Å². The molecule has 24 heavy (non-hydrogen) atoms. The molecule has 0 heterocycles. The van der Waals surface area contributed by atoms with Crippen LogP contribution in [0.3, 0.4) is 0 Å². The van der Waals surface area contributed by atoms with E-state index in [-0.39, 0.29) is 13.1 Å². The minimum absolute atomic E-state index is 0.170. The number of nitrogens with one attached hydrogen (secondary N) is 4. The standard InChI is InChI=1S/C16H26N4O4/c1-7-11(21)19-15(3,4)13(23)17-9-10-18-14(24)16(5,6)20-12(22)8-2/h7-8H,1-2,9-10H2,3-6H3,(H,17,23)(H,18,24)(H,19,21)(H,20,22). The van der Waals surface area contributed by atoms with Crippen molar-refractivity contribution in [1.82, 2.24) is 21.3 Å². The first-order valence-electron chi connectivity index (χ1n) is 7.42. The van der Waals surface area contributed by atoms with Crippen LogP contribution in [0.2, 0.25) is 0 Å². The van der Waals surface area contributed by atoms with Gasteiger partial charge in [0, 0.05) is 13.1 Å². The van der Waals surface area contributed by atoms with Gasteiger partial charge < -0.3 is 21.3 Å². The molecule has 134 valence electrons. The first-order chi connectivity index (χ1) is 11.0. The van der Waals surface area contributed by atoms with Crippen LogP contribution in [0.5, 0.6) is 0 Å². The molecule has 0 rings (SSSR count). The van der Waals surface area contributed by atoms with E-state index in [2.05, 4.69) is 34.4 Å². The van der Waals surface area contributed by atoms with Crippen molar-refractivity contribution < 1.29 is 19.2 Å². The largest absolute Gasteiger partial charge is 0.352 e. The summed E-state index contributed by atoms with van der Waals surface area (Å²) in [5.41, 5.74) is -2.21. The molecule has 4 amide bonds. The molecule has 0 fully saturated rings. The molecule has 0 bridgehead atoms. The van der Waals surface area contributed by atoms with Crippen LogP contribution in [0.25, 0.3) is 0 Å². The summed E-state index contributed by atoms with van der Waals surface area (Å²) >= 11 is 0. The van der Waals surface area contributed by atoms with E-state index in [1.807, 2.05) is 0 Å². The van der Waals surface area contributed by atoms with Gasteiger partial charge in [-0.25, -0.2) is 0 Å². The van der Waals surface area contributed by atoms with Gasteiger partial charge in [0.2, 0.25) is 23.6 Å². The van der Waals surface area contributed by atoms with Crippen molar-refractivity contribution in [2.24, 2.45) is 0 Å². The molecule has 8 nitrogen and oxygen atoms in total. The third-order valence-corrected chi connectivity index (χ3v) is 3.07. The van der Waals surface area contributed by atoms with E-state index in [4.69, 9.17) is 0 Å². The van der Waals surface area contributed by atoms with Gasteiger partial charge in [-0.2, -0.15) is 0 Å². The van der Waals surface area contributed by atoms with Crippen molar-refractivity contribution in [3.63, 3.8) is 0 Å². The molecule has 0 unspecified atom stereocenters. The maximum Gasteiger partial charge on any atom is 0.245 e. The highest BCUT2D eigenvalue weighted by Gasteiger charge is 2.29. The number of hydrogen-bond donors (Lipinski definition) is 4. The van der Waals surface area contributed by atoms with Crippen LogP contribution < -0.4 is 21.3 Å². The van der Waals surface area contributed by atoms with Crippen molar-refractivity contribution in [2.75, 3.05) is 13.1 Å². The number of carbonyl (C=O) groups excluding carboxylic acids is 4. The highest BCUT2D eigenvalue weighted by molar-refractivity contribution is 5.95. The predicted molar refractivity (Wildman–Crippen MR) is 90.9 cm³/mol. The molecule has 0 aromatic carbocycles. The molecular weight excluding hydrogens is 312 g/mol. The van der Waals surface area contributed by atoms with Crippen molar-refractivity contribution in [1.29, 1.82) is 0 Å². The van der Waals surface area contributed by atoms with E-state index >= 15 is 0 Å². The third-order valence-electron chi connectivity index (χ3n) is 3.07. The second-order valence-corrected chi connectivity index (χ2v) is 6.15. The summed E-state index contributed by atoms with van der Waals surface area (Å²) in [6, 6.07) is 0. The van der Waals surface area contributed by atoms with E-state index in [0.717, 1.165) is 12.2 Å². The van der Waals surface area contributed by atoms with E-state index in [0.29, 0.717) is 0 Å². The summed E-state index contributed by atoms with van der Waals surface area (Å²) in [5.74, 6) is -1.70. The minimum atomic E-state index is -1.10. The Morgan fingerprint density at radius 3 is 1.29 bits per heavy atom. The smallest absolute Gasteiger partial charge is 0.245 e. The molecule has 0 aromatic heterocycles. The van der Waals surface area contributed by atoms with Crippen LogP contribution in [0.1, 0.15) is 27.7 Å². The molecule has 0 aromatic rings. The van der Waals surface area contributed by atoms with Crippen molar-refractivity contribution in [3.05, 3.63) is 25.3 Å². The highest BCUT2D eigenvalue weighted by atomic mass is 16.2. The van der Waals surface area contributed by atoms with Crippen molar-refractivity contribution in [3.8, 4) is 0 Å². The average Bonchev–Trinajstić information content (AvgIpc) is 2.49. The van der Waals surface area contributed by atoms with Crippen molar-refractivity contribution >= 4 is 23.6 Å². The Labute approximate surface area is 142 Å². The number of hydrogen-bond acceptors (Lipinski definition) is 4. The number of amides is 4. The third kappa shape index (κ3) is 7.08. The Kier molecular flexibility index (Phi) is 7.88. The fourth-order valence-corrected chi connectivity index (χ4v) is 1.63. The lowest BCUT2D eigenvalue weighted by Gasteiger charge is -2.26. The van der Waals surface area contributed by atoms with Crippen LogP contribution in [-0.2, 0) is 19.2 Å². The van der Waals surface area contributed by atoms with Gasteiger partial charge in [-0.3, -0.25) is 19.2 Å². The molecule has 0 saturated heterocycles. The lowest BCUT2D eigenvalue weighted by atomic mass is 10.0. The summed E-state index contributed by atoms with van der Waals surface area (Å²) < 4.78 is 0. The quantitative estimate of drug-likeness (QED) is 0.331. The molecule has 0 aliphatic carbocycles. The molecule has 0 aliphatic heterocycles. The molecule has 0 atom stereocenters. The number of carbonyl (C=O) groups is 4. The first kappa shape index (κ1) is 21.4. The zero-order valence-corrected chi connectivity index (χ0v) is 14.6. The molecule has 8 heteroatoms. The normalized spacial score (nSPS) is 11.0. The van der Waals surface area contributed by atoms with Gasteiger partial charge in [0.15, 0.2) is 0 Å².